The predicted octanol–water partition coefficient (Wildman–Crippen LogP) is 3.57. The van der Waals surface area contributed by atoms with Crippen LogP contribution in [0.25, 0.3) is 11.3 Å². The lowest BCUT2D eigenvalue weighted by molar-refractivity contribution is 0.588. The van der Waals surface area contributed by atoms with E-state index >= 15 is 0 Å². The number of sulfone groups is 1. The topological polar surface area (TPSA) is 64.8 Å². The summed E-state index contributed by atoms with van der Waals surface area (Å²) >= 11 is 0. The Kier molecular flexibility index (Phi) is 5.28. The molecule has 0 saturated heterocycles. The van der Waals surface area contributed by atoms with E-state index in [0.717, 1.165) is 17.5 Å². The Hall–Kier alpha value is -2.47. The average molecular weight is 355 g/mol. The van der Waals surface area contributed by atoms with Crippen molar-refractivity contribution < 1.29 is 8.42 Å². The molecule has 3 aromatic rings. The molecular formula is C19H21N3O2S. The maximum atomic E-state index is 12.7. The zero-order valence-electron chi connectivity index (χ0n) is 14.2. The van der Waals surface area contributed by atoms with E-state index < -0.39 is 9.84 Å². The fraction of sp³-hybridized carbons (Fsp3) is 0.263. The maximum absolute atomic E-state index is 12.7. The summed E-state index contributed by atoms with van der Waals surface area (Å²) in [5.74, 6) is 0.0906. The Bertz CT molecular complexity index is 920. The Labute approximate surface area is 148 Å². The largest absolute Gasteiger partial charge is 0.239 e. The average Bonchev–Trinajstić information content (AvgIpc) is 3.06. The Morgan fingerprint density at radius 3 is 2.24 bits per heavy atom. The fourth-order valence-corrected chi connectivity index (χ4v) is 4.21. The molecule has 0 amide bonds. The molecule has 3 rings (SSSR count). The van der Waals surface area contributed by atoms with Gasteiger partial charge in [0.05, 0.1) is 12.3 Å². The van der Waals surface area contributed by atoms with Crippen LogP contribution in [0.1, 0.15) is 25.3 Å². The van der Waals surface area contributed by atoms with Crippen LogP contribution in [0.5, 0.6) is 0 Å². The smallest absolute Gasteiger partial charge is 0.205 e. The van der Waals surface area contributed by atoms with Crippen LogP contribution in [-0.4, -0.2) is 29.2 Å². The molecule has 0 aliphatic carbocycles. The summed E-state index contributed by atoms with van der Waals surface area (Å²) in [5, 5.41) is 8.26. The van der Waals surface area contributed by atoms with Crippen LogP contribution in [0.2, 0.25) is 0 Å². The normalized spacial score (nSPS) is 11.6. The van der Waals surface area contributed by atoms with Crippen molar-refractivity contribution in [2.24, 2.45) is 0 Å². The molecule has 1 aromatic heterocycles. The number of nitrogens with zero attached hydrogens (tertiary/aromatic N) is 3. The van der Waals surface area contributed by atoms with E-state index in [4.69, 9.17) is 0 Å². The van der Waals surface area contributed by atoms with Crippen LogP contribution in [-0.2, 0) is 16.4 Å². The van der Waals surface area contributed by atoms with Crippen molar-refractivity contribution in [3.8, 4) is 11.3 Å². The fourth-order valence-electron chi connectivity index (χ4n) is 2.67. The highest BCUT2D eigenvalue weighted by Crippen LogP contribution is 2.27. The van der Waals surface area contributed by atoms with E-state index in [-0.39, 0.29) is 10.8 Å². The molecule has 25 heavy (non-hydrogen) atoms. The van der Waals surface area contributed by atoms with Gasteiger partial charge in [0, 0.05) is 5.56 Å². The van der Waals surface area contributed by atoms with Crippen molar-refractivity contribution >= 4 is 9.84 Å². The van der Waals surface area contributed by atoms with Crippen molar-refractivity contribution in [3.63, 3.8) is 0 Å². The van der Waals surface area contributed by atoms with Crippen LogP contribution in [0.4, 0.5) is 0 Å². The van der Waals surface area contributed by atoms with E-state index in [1.54, 1.807) is 4.68 Å². The summed E-state index contributed by atoms with van der Waals surface area (Å²) in [4.78, 5) is 0. The first-order valence-electron chi connectivity index (χ1n) is 8.37. The van der Waals surface area contributed by atoms with Gasteiger partial charge in [-0.1, -0.05) is 79.2 Å². The molecule has 5 nitrogen and oxygen atoms in total. The van der Waals surface area contributed by atoms with E-state index in [1.807, 2.05) is 67.6 Å². The molecule has 0 saturated carbocycles. The van der Waals surface area contributed by atoms with Crippen LogP contribution in [0.15, 0.2) is 65.7 Å². The minimum atomic E-state index is -3.47. The van der Waals surface area contributed by atoms with Crippen LogP contribution < -0.4 is 0 Å². The summed E-state index contributed by atoms with van der Waals surface area (Å²) in [6, 6.07) is 19.3. The highest BCUT2D eigenvalue weighted by Gasteiger charge is 2.26. The van der Waals surface area contributed by atoms with Gasteiger partial charge >= 0.3 is 0 Å². The first-order valence-corrected chi connectivity index (χ1v) is 10.0. The Balaban J connectivity index is 2.08. The second kappa shape index (κ2) is 7.61. The second-order valence-electron chi connectivity index (χ2n) is 5.92. The maximum Gasteiger partial charge on any atom is 0.205 e. The molecule has 0 aliphatic heterocycles. The quantitative estimate of drug-likeness (QED) is 0.650. The third-order valence-corrected chi connectivity index (χ3v) is 5.68. The van der Waals surface area contributed by atoms with Crippen LogP contribution in [0.3, 0.4) is 0 Å². The summed E-state index contributed by atoms with van der Waals surface area (Å²) in [6.45, 7) is 2.45. The molecule has 130 valence electrons. The van der Waals surface area contributed by atoms with Gasteiger partial charge in [0.25, 0.3) is 0 Å². The van der Waals surface area contributed by atoms with E-state index in [2.05, 4.69) is 10.3 Å². The molecule has 0 N–H and O–H groups in total. The highest BCUT2D eigenvalue weighted by atomic mass is 32.2. The zero-order valence-corrected chi connectivity index (χ0v) is 15.0. The van der Waals surface area contributed by atoms with Crippen molar-refractivity contribution in [1.82, 2.24) is 15.0 Å². The van der Waals surface area contributed by atoms with Gasteiger partial charge in [0.1, 0.15) is 5.69 Å². The summed E-state index contributed by atoms with van der Waals surface area (Å²) in [7, 11) is -3.47. The van der Waals surface area contributed by atoms with Crippen molar-refractivity contribution in [1.29, 1.82) is 0 Å². The first kappa shape index (κ1) is 17.4. The number of hydrogen-bond acceptors (Lipinski definition) is 4. The third kappa shape index (κ3) is 3.96. The molecule has 0 radical (unpaired) electrons. The lowest BCUT2D eigenvalue weighted by Gasteiger charge is -2.09. The highest BCUT2D eigenvalue weighted by molar-refractivity contribution is 7.91. The third-order valence-electron chi connectivity index (χ3n) is 3.99. The Morgan fingerprint density at radius 2 is 1.60 bits per heavy atom. The Morgan fingerprint density at radius 1 is 0.960 bits per heavy atom. The van der Waals surface area contributed by atoms with Crippen molar-refractivity contribution in [2.45, 2.75) is 31.3 Å². The van der Waals surface area contributed by atoms with Gasteiger partial charge < -0.3 is 0 Å². The molecule has 0 atom stereocenters. The van der Waals surface area contributed by atoms with E-state index in [9.17, 15) is 8.42 Å². The SMILES string of the molecule is CCCCS(=O)(=O)c1nnn(Cc2ccccc2)c1-c1ccccc1. The van der Waals surface area contributed by atoms with Crippen LogP contribution >= 0.6 is 0 Å². The van der Waals surface area contributed by atoms with Crippen molar-refractivity contribution in [3.05, 3.63) is 66.2 Å². The summed E-state index contributed by atoms with van der Waals surface area (Å²) < 4.78 is 27.1. The molecule has 0 spiro atoms. The molecule has 1 heterocycles. The molecule has 0 unspecified atom stereocenters. The summed E-state index contributed by atoms with van der Waals surface area (Å²) in [5.41, 5.74) is 2.40. The van der Waals surface area contributed by atoms with Gasteiger partial charge in [0.2, 0.25) is 5.03 Å². The van der Waals surface area contributed by atoms with Gasteiger partial charge in [0.15, 0.2) is 9.84 Å². The van der Waals surface area contributed by atoms with Gasteiger partial charge in [-0.3, -0.25) is 0 Å². The van der Waals surface area contributed by atoms with Gasteiger partial charge in [-0.25, -0.2) is 13.1 Å². The number of aromatic nitrogens is 3. The number of benzene rings is 2. The number of rotatable bonds is 7. The first-order chi connectivity index (χ1) is 12.1. The minimum absolute atomic E-state index is 0.0723. The summed E-state index contributed by atoms with van der Waals surface area (Å²) in [6.07, 6.45) is 1.43. The monoisotopic (exact) mass is 355 g/mol. The molecule has 0 fully saturated rings. The van der Waals surface area contributed by atoms with Gasteiger partial charge in [-0.05, 0) is 12.0 Å². The van der Waals surface area contributed by atoms with Crippen LogP contribution in [0, 0.1) is 0 Å². The van der Waals surface area contributed by atoms with Gasteiger partial charge in [-0.15, -0.1) is 5.10 Å². The molecule has 2 aromatic carbocycles. The lowest BCUT2D eigenvalue weighted by Crippen LogP contribution is -2.10. The number of unbranched alkanes of at least 4 members (excludes halogenated alkanes) is 1. The minimum Gasteiger partial charge on any atom is -0.239 e. The predicted molar refractivity (Wildman–Crippen MR) is 98.0 cm³/mol. The van der Waals surface area contributed by atoms with Crippen molar-refractivity contribution in [2.75, 3.05) is 5.75 Å². The van der Waals surface area contributed by atoms with E-state index in [0.29, 0.717) is 18.7 Å². The molecular weight excluding hydrogens is 334 g/mol. The molecule has 0 aliphatic rings. The lowest BCUT2D eigenvalue weighted by atomic mass is 10.1. The van der Waals surface area contributed by atoms with E-state index in [1.165, 1.54) is 0 Å². The molecule has 0 bridgehead atoms. The van der Waals surface area contributed by atoms with Gasteiger partial charge in [-0.2, -0.15) is 0 Å². The zero-order chi connectivity index (χ0) is 17.7. The second-order valence-corrected chi connectivity index (χ2v) is 7.95. The number of hydrogen-bond donors (Lipinski definition) is 0. The standard InChI is InChI=1S/C19H21N3O2S/c1-2-3-14-25(23,24)19-18(17-12-8-5-9-13-17)22(21-20-19)15-16-10-6-4-7-11-16/h4-13H,2-3,14-15H2,1H3. The molecule has 6 heteroatoms.